The van der Waals surface area contributed by atoms with Crippen LogP contribution in [-0.2, 0) is 0 Å². The lowest BCUT2D eigenvalue weighted by Gasteiger charge is -2.01. The molecule has 0 amide bonds. The average Bonchev–Trinajstić information content (AvgIpc) is 2.46. The Kier molecular flexibility index (Phi) is 6.20. The number of aromatic hydroxyl groups is 2. The van der Waals surface area contributed by atoms with Crippen molar-refractivity contribution in [3.63, 3.8) is 0 Å². The second kappa shape index (κ2) is 7.88. The van der Waals surface area contributed by atoms with Crippen molar-refractivity contribution in [2.45, 2.75) is 13.8 Å². The largest absolute Gasteiger partial charge is 0.507 e. The van der Waals surface area contributed by atoms with Crippen molar-refractivity contribution in [3.8, 4) is 11.5 Å². The molecule has 0 aliphatic carbocycles. The van der Waals surface area contributed by atoms with Crippen molar-refractivity contribution < 1.29 is 29.0 Å². The molecule has 0 atom stereocenters. The summed E-state index contributed by atoms with van der Waals surface area (Å²) < 4.78 is 24.8. The molecule has 23 heavy (non-hydrogen) atoms. The smallest absolute Gasteiger partial charge is 0.163 e. The van der Waals surface area contributed by atoms with Gasteiger partial charge in [-0.05, 0) is 38.1 Å². The molecule has 0 aliphatic heterocycles. The summed E-state index contributed by atoms with van der Waals surface area (Å²) in [5, 5.41) is 29.4. The van der Waals surface area contributed by atoms with Gasteiger partial charge in [-0.1, -0.05) is 5.16 Å². The van der Waals surface area contributed by atoms with Crippen LogP contribution in [-0.4, -0.2) is 26.9 Å². The number of phenols is 2. The third kappa shape index (κ3) is 5.06. The summed E-state index contributed by atoms with van der Waals surface area (Å²) in [7, 11) is 0. The van der Waals surface area contributed by atoms with E-state index >= 15 is 0 Å². The fraction of sp³-hybridized carbons (Fsp3) is 0.125. The van der Waals surface area contributed by atoms with E-state index < -0.39 is 11.6 Å². The quantitative estimate of drug-likeness (QED) is 0.342. The first-order chi connectivity index (χ1) is 10.8. The van der Waals surface area contributed by atoms with Gasteiger partial charge in [0.25, 0.3) is 0 Å². The number of Topliss-reactive ketones (excluding diaryl/α,β-unsaturated/α-hetero) is 1. The van der Waals surface area contributed by atoms with Crippen molar-refractivity contribution in [3.05, 3.63) is 59.2 Å². The van der Waals surface area contributed by atoms with Crippen LogP contribution in [0.25, 0.3) is 0 Å². The van der Waals surface area contributed by atoms with E-state index in [1.165, 1.54) is 32.0 Å². The van der Waals surface area contributed by atoms with Gasteiger partial charge in [-0.2, -0.15) is 0 Å². The zero-order valence-corrected chi connectivity index (χ0v) is 12.4. The zero-order chi connectivity index (χ0) is 17.6. The first-order valence-corrected chi connectivity index (χ1v) is 6.43. The summed E-state index contributed by atoms with van der Waals surface area (Å²) in [4.78, 5) is 10.7. The molecular weight excluding hydrogens is 308 g/mol. The van der Waals surface area contributed by atoms with Crippen LogP contribution in [0.15, 0.2) is 41.6 Å². The number of nitrogens with zero attached hydrogens (tertiary/aromatic N) is 1. The van der Waals surface area contributed by atoms with Gasteiger partial charge in [0.1, 0.15) is 23.1 Å². The van der Waals surface area contributed by atoms with Gasteiger partial charge in [-0.3, -0.25) is 4.79 Å². The predicted molar refractivity (Wildman–Crippen MR) is 80.1 cm³/mol. The molecule has 0 unspecified atom stereocenters. The topological polar surface area (TPSA) is 90.1 Å². The number of oxime groups is 1. The second-order valence-electron chi connectivity index (χ2n) is 4.56. The number of ketones is 1. The maximum absolute atomic E-state index is 12.5. The molecule has 7 heteroatoms. The number of carbonyl (C=O) groups is 1. The highest BCUT2D eigenvalue weighted by atomic mass is 19.1. The van der Waals surface area contributed by atoms with E-state index in [0.29, 0.717) is 5.56 Å². The number of benzene rings is 2. The molecule has 3 N–H and O–H groups in total. The Morgan fingerprint density at radius 3 is 1.70 bits per heavy atom. The minimum absolute atomic E-state index is 0.145. The maximum Gasteiger partial charge on any atom is 0.163 e. The van der Waals surface area contributed by atoms with Gasteiger partial charge in [0.2, 0.25) is 0 Å². The number of rotatable bonds is 2. The number of hydrogen-bond acceptors (Lipinski definition) is 5. The minimum Gasteiger partial charge on any atom is -0.507 e. The summed E-state index contributed by atoms with van der Waals surface area (Å²) in [5.74, 6) is -1.89. The van der Waals surface area contributed by atoms with Gasteiger partial charge < -0.3 is 15.4 Å². The number of phenolic OH excluding ortho intramolecular Hbond substituents is 2. The number of carbonyl (C=O) groups excluding carboxylic acids is 1. The summed E-state index contributed by atoms with van der Waals surface area (Å²) in [6.07, 6.45) is 0. The SMILES string of the molecule is C/C(=N\O)c1ccc(F)cc1O.CC(=O)c1ccc(F)cc1O. The highest BCUT2D eigenvalue weighted by molar-refractivity contribution is 6.00. The Hall–Kier alpha value is -2.96. The molecule has 0 saturated carbocycles. The Labute approximate surface area is 131 Å². The zero-order valence-electron chi connectivity index (χ0n) is 12.4. The molecule has 0 heterocycles. The molecule has 122 valence electrons. The molecule has 0 fully saturated rings. The van der Waals surface area contributed by atoms with Crippen molar-refractivity contribution in [1.82, 2.24) is 0 Å². The van der Waals surface area contributed by atoms with Crippen LogP contribution in [0.4, 0.5) is 8.78 Å². The van der Waals surface area contributed by atoms with E-state index in [1.54, 1.807) is 0 Å². The normalized spacial score (nSPS) is 10.7. The molecule has 2 aromatic carbocycles. The van der Waals surface area contributed by atoms with E-state index in [2.05, 4.69) is 5.16 Å². The van der Waals surface area contributed by atoms with Crippen LogP contribution in [0.2, 0.25) is 0 Å². The summed E-state index contributed by atoms with van der Waals surface area (Å²) in [6, 6.07) is 6.80. The van der Waals surface area contributed by atoms with E-state index in [4.69, 9.17) is 15.4 Å². The first-order valence-electron chi connectivity index (χ1n) is 6.43. The monoisotopic (exact) mass is 323 g/mol. The van der Waals surface area contributed by atoms with Crippen molar-refractivity contribution >= 4 is 11.5 Å². The predicted octanol–water partition coefficient (Wildman–Crippen LogP) is 3.46. The van der Waals surface area contributed by atoms with E-state index in [9.17, 15) is 13.6 Å². The molecule has 0 saturated heterocycles. The van der Waals surface area contributed by atoms with Crippen LogP contribution >= 0.6 is 0 Å². The Morgan fingerprint density at radius 2 is 1.35 bits per heavy atom. The van der Waals surface area contributed by atoms with E-state index in [-0.39, 0.29) is 28.6 Å². The first kappa shape index (κ1) is 18.1. The van der Waals surface area contributed by atoms with E-state index in [1.807, 2.05) is 0 Å². The number of hydrogen-bond donors (Lipinski definition) is 3. The van der Waals surface area contributed by atoms with Crippen LogP contribution < -0.4 is 0 Å². The average molecular weight is 323 g/mol. The van der Waals surface area contributed by atoms with Crippen molar-refractivity contribution in [2.24, 2.45) is 5.16 Å². The summed E-state index contributed by atoms with van der Waals surface area (Å²) in [6.45, 7) is 2.82. The van der Waals surface area contributed by atoms with Gasteiger partial charge in [-0.25, -0.2) is 8.78 Å². The second-order valence-corrected chi connectivity index (χ2v) is 4.56. The van der Waals surface area contributed by atoms with Gasteiger partial charge >= 0.3 is 0 Å². The minimum atomic E-state index is -0.549. The van der Waals surface area contributed by atoms with Gasteiger partial charge in [0.15, 0.2) is 5.78 Å². The Morgan fingerprint density at radius 1 is 0.913 bits per heavy atom. The highest BCUT2D eigenvalue weighted by Gasteiger charge is 2.06. The number of halogens is 2. The molecule has 0 spiro atoms. The Balaban J connectivity index is 0.000000231. The highest BCUT2D eigenvalue weighted by Crippen LogP contribution is 2.19. The molecule has 2 aromatic rings. The fourth-order valence-corrected chi connectivity index (χ4v) is 1.67. The van der Waals surface area contributed by atoms with Crippen LogP contribution in [0.3, 0.4) is 0 Å². The molecule has 0 aromatic heterocycles. The molecule has 2 rings (SSSR count). The van der Waals surface area contributed by atoms with Gasteiger partial charge in [-0.15, -0.1) is 0 Å². The molecule has 0 aliphatic rings. The standard InChI is InChI=1S/C8H8FNO2.C8H7FO2/c1-5(10-12)7-3-2-6(9)4-8(7)11;1-5(10)7-3-2-6(9)4-8(7)11/h2-4,11-12H,1H3;2-4,11H,1H3/b10-5+;. The van der Waals surface area contributed by atoms with E-state index in [0.717, 1.165) is 18.2 Å². The van der Waals surface area contributed by atoms with Crippen LogP contribution in [0.1, 0.15) is 29.8 Å². The lowest BCUT2D eigenvalue weighted by molar-refractivity contribution is 0.101. The molecular formula is C16H15F2NO4. The summed E-state index contributed by atoms with van der Waals surface area (Å²) >= 11 is 0. The molecule has 0 radical (unpaired) electrons. The molecule has 5 nitrogen and oxygen atoms in total. The lowest BCUT2D eigenvalue weighted by Crippen LogP contribution is -1.95. The third-order valence-corrected chi connectivity index (χ3v) is 2.84. The molecule has 0 bridgehead atoms. The van der Waals surface area contributed by atoms with Gasteiger partial charge in [0.05, 0.1) is 11.3 Å². The summed E-state index contributed by atoms with van der Waals surface area (Å²) in [5.41, 5.74) is 0.706. The third-order valence-electron chi connectivity index (χ3n) is 2.84. The fourth-order valence-electron chi connectivity index (χ4n) is 1.67. The lowest BCUT2D eigenvalue weighted by atomic mass is 10.1. The Bertz CT molecular complexity index is 745. The van der Waals surface area contributed by atoms with Crippen LogP contribution in [0.5, 0.6) is 11.5 Å². The van der Waals surface area contributed by atoms with Crippen molar-refractivity contribution in [2.75, 3.05) is 0 Å². The van der Waals surface area contributed by atoms with Crippen LogP contribution in [0, 0.1) is 11.6 Å². The van der Waals surface area contributed by atoms with Crippen molar-refractivity contribution in [1.29, 1.82) is 0 Å². The van der Waals surface area contributed by atoms with Gasteiger partial charge in [0, 0.05) is 17.7 Å². The maximum atomic E-state index is 12.5.